The molecule has 2 aromatic carbocycles. The summed E-state index contributed by atoms with van der Waals surface area (Å²) >= 11 is 13.4. The van der Waals surface area contributed by atoms with Crippen molar-refractivity contribution < 1.29 is 4.79 Å². The van der Waals surface area contributed by atoms with E-state index >= 15 is 0 Å². The van der Waals surface area contributed by atoms with E-state index in [1.807, 2.05) is 30.3 Å². The van der Waals surface area contributed by atoms with E-state index in [0.29, 0.717) is 15.6 Å². The van der Waals surface area contributed by atoms with Gasteiger partial charge in [-0.3, -0.25) is 4.79 Å². The second-order valence-corrected chi connectivity index (χ2v) is 5.32. The molecule has 0 aromatic heterocycles. The molecule has 0 saturated carbocycles. The Morgan fingerprint density at radius 2 is 1.71 bits per heavy atom. The second-order valence-electron chi connectivity index (χ2n) is 3.36. The Bertz CT molecular complexity index is 538. The Hall–Kier alpha value is -0.960. The van der Waals surface area contributed by atoms with E-state index in [1.54, 1.807) is 12.1 Å². The van der Waals surface area contributed by atoms with Crippen LogP contribution in [0, 0.1) is 0 Å². The molecular weight excluding hydrogens is 275 g/mol. The number of benzene rings is 2. The molecule has 0 heterocycles. The molecule has 17 heavy (non-hydrogen) atoms. The van der Waals surface area contributed by atoms with Crippen molar-refractivity contribution >= 4 is 41.2 Å². The maximum absolute atomic E-state index is 10.6. The fourth-order valence-electron chi connectivity index (χ4n) is 1.30. The average molecular weight is 283 g/mol. The second kappa shape index (κ2) is 5.58. The fourth-order valence-corrected chi connectivity index (χ4v) is 2.55. The summed E-state index contributed by atoms with van der Waals surface area (Å²) in [5.41, 5.74) is 0.579. The highest BCUT2D eigenvalue weighted by Gasteiger charge is 2.04. The number of hydrogen-bond acceptors (Lipinski definition) is 2. The van der Waals surface area contributed by atoms with Gasteiger partial charge < -0.3 is 0 Å². The minimum Gasteiger partial charge on any atom is -0.298 e. The van der Waals surface area contributed by atoms with Crippen molar-refractivity contribution in [3.63, 3.8) is 0 Å². The van der Waals surface area contributed by atoms with E-state index in [-0.39, 0.29) is 0 Å². The lowest BCUT2D eigenvalue weighted by Crippen LogP contribution is -1.81. The largest absolute Gasteiger partial charge is 0.298 e. The van der Waals surface area contributed by atoms with Gasteiger partial charge in [0.1, 0.15) is 6.29 Å². The highest BCUT2D eigenvalue weighted by molar-refractivity contribution is 7.99. The molecule has 4 heteroatoms. The predicted molar refractivity (Wildman–Crippen MR) is 72.4 cm³/mol. The van der Waals surface area contributed by atoms with Crippen molar-refractivity contribution in [2.75, 3.05) is 0 Å². The van der Waals surface area contributed by atoms with Gasteiger partial charge in [0.05, 0.1) is 5.02 Å². The van der Waals surface area contributed by atoms with Gasteiger partial charge in [-0.15, -0.1) is 0 Å². The molecule has 0 atom stereocenters. The number of halogens is 2. The van der Waals surface area contributed by atoms with Crippen LogP contribution in [0.1, 0.15) is 10.4 Å². The smallest absolute Gasteiger partial charge is 0.150 e. The van der Waals surface area contributed by atoms with Crippen molar-refractivity contribution in [3.8, 4) is 0 Å². The standard InChI is InChI=1S/C13H8Cl2OS/c14-10-2-4-11(5-3-10)17-13-6-1-9(8-16)7-12(13)15/h1-8H. The first-order valence-corrected chi connectivity index (χ1v) is 6.44. The maximum atomic E-state index is 10.6. The van der Waals surface area contributed by atoms with Crippen LogP contribution in [0.5, 0.6) is 0 Å². The van der Waals surface area contributed by atoms with Gasteiger partial charge in [-0.25, -0.2) is 0 Å². The zero-order valence-electron chi connectivity index (χ0n) is 8.69. The maximum Gasteiger partial charge on any atom is 0.150 e. The first kappa shape index (κ1) is 12.5. The van der Waals surface area contributed by atoms with Gasteiger partial charge >= 0.3 is 0 Å². The molecule has 0 radical (unpaired) electrons. The van der Waals surface area contributed by atoms with E-state index in [2.05, 4.69) is 0 Å². The van der Waals surface area contributed by atoms with Crippen LogP contribution in [0.2, 0.25) is 10.0 Å². The summed E-state index contributed by atoms with van der Waals surface area (Å²) in [6.07, 6.45) is 0.780. The summed E-state index contributed by atoms with van der Waals surface area (Å²) in [7, 11) is 0. The molecule has 0 spiro atoms. The monoisotopic (exact) mass is 282 g/mol. The number of rotatable bonds is 3. The fraction of sp³-hybridized carbons (Fsp3) is 0. The lowest BCUT2D eigenvalue weighted by Gasteiger charge is -2.04. The van der Waals surface area contributed by atoms with E-state index < -0.39 is 0 Å². The average Bonchev–Trinajstić information content (AvgIpc) is 2.34. The SMILES string of the molecule is O=Cc1ccc(Sc2ccc(Cl)cc2)c(Cl)c1. The molecule has 2 aromatic rings. The minimum absolute atomic E-state index is 0.578. The molecule has 0 saturated heterocycles. The van der Waals surface area contributed by atoms with Crippen LogP contribution in [-0.4, -0.2) is 6.29 Å². The highest BCUT2D eigenvalue weighted by atomic mass is 35.5. The van der Waals surface area contributed by atoms with Crippen LogP contribution in [-0.2, 0) is 0 Å². The van der Waals surface area contributed by atoms with Crippen molar-refractivity contribution in [3.05, 3.63) is 58.1 Å². The summed E-state index contributed by atoms with van der Waals surface area (Å²) < 4.78 is 0. The van der Waals surface area contributed by atoms with Crippen molar-refractivity contribution in [2.45, 2.75) is 9.79 Å². The molecule has 1 nitrogen and oxygen atoms in total. The molecule has 0 unspecified atom stereocenters. The lowest BCUT2D eigenvalue weighted by atomic mass is 10.2. The number of hydrogen-bond donors (Lipinski definition) is 0. The first-order chi connectivity index (χ1) is 8.19. The van der Waals surface area contributed by atoms with Gasteiger partial charge in [0.25, 0.3) is 0 Å². The lowest BCUT2D eigenvalue weighted by molar-refractivity contribution is 0.112. The summed E-state index contributed by atoms with van der Waals surface area (Å²) in [6, 6.07) is 12.8. The third-order valence-corrected chi connectivity index (χ3v) is 3.89. The summed E-state index contributed by atoms with van der Waals surface area (Å²) in [5, 5.41) is 1.28. The number of aldehydes is 1. The van der Waals surface area contributed by atoms with Gasteiger partial charge in [0.15, 0.2) is 0 Å². The Labute approximate surface area is 114 Å². The van der Waals surface area contributed by atoms with E-state index in [4.69, 9.17) is 23.2 Å². The summed E-state index contributed by atoms with van der Waals surface area (Å²) in [4.78, 5) is 12.6. The quantitative estimate of drug-likeness (QED) is 0.741. The molecule has 86 valence electrons. The molecule has 2 rings (SSSR count). The third-order valence-electron chi connectivity index (χ3n) is 2.13. The van der Waals surface area contributed by atoms with E-state index in [1.165, 1.54) is 11.8 Å². The van der Waals surface area contributed by atoms with Crippen LogP contribution in [0.15, 0.2) is 52.3 Å². The molecule has 0 amide bonds. The number of carbonyl (C=O) groups excluding carboxylic acids is 1. The van der Waals surface area contributed by atoms with E-state index in [0.717, 1.165) is 16.1 Å². The van der Waals surface area contributed by atoms with Crippen LogP contribution >= 0.6 is 35.0 Å². The van der Waals surface area contributed by atoms with Gasteiger partial charge in [-0.05, 0) is 36.4 Å². The zero-order chi connectivity index (χ0) is 12.3. The van der Waals surface area contributed by atoms with E-state index in [9.17, 15) is 4.79 Å². The Morgan fingerprint density at radius 1 is 1.00 bits per heavy atom. The molecule has 0 aliphatic rings. The van der Waals surface area contributed by atoms with Crippen LogP contribution in [0.25, 0.3) is 0 Å². The summed E-state index contributed by atoms with van der Waals surface area (Å²) in [5.74, 6) is 0. The predicted octanol–water partition coefficient (Wildman–Crippen LogP) is 4.96. The molecule has 0 fully saturated rings. The minimum atomic E-state index is 0.578. The first-order valence-electron chi connectivity index (χ1n) is 4.87. The highest BCUT2D eigenvalue weighted by Crippen LogP contribution is 2.34. The summed E-state index contributed by atoms with van der Waals surface area (Å²) in [6.45, 7) is 0. The van der Waals surface area contributed by atoms with Gasteiger partial charge in [0, 0.05) is 20.4 Å². The number of carbonyl (C=O) groups is 1. The van der Waals surface area contributed by atoms with Crippen LogP contribution in [0.3, 0.4) is 0 Å². The molecule has 0 bridgehead atoms. The molecule has 0 aliphatic heterocycles. The zero-order valence-corrected chi connectivity index (χ0v) is 11.0. The molecule has 0 aliphatic carbocycles. The Kier molecular flexibility index (Phi) is 4.11. The van der Waals surface area contributed by atoms with Gasteiger partial charge in [-0.1, -0.05) is 41.0 Å². The van der Waals surface area contributed by atoms with Gasteiger partial charge in [-0.2, -0.15) is 0 Å². The Balaban J connectivity index is 2.24. The van der Waals surface area contributed by atoms with Crippen molar-refractivity contribution in [1.29, 1.82) is 0 Å². The third kappa shape index (κ3) is 3.25. The van der Waals surface area contributed by atoms with Crippen molar-refractivity contribution in [1.82, 2.24) is 0 Å². The van der Waals surface area contributed by atoms with Crippen LogP contribution in [0.4, 0.5) is 0 Å². The molecule has 0 N–H and O–H groups in total. The van der Waals surface area contributed by atoms with Crippen molar-refractivity contribution in [2.24, 2.45) is 0 Å². The topological polar surface area (TPSA) is 17.1 Å². The molecular formula is C13H8Cl2OS. The Morgan fingerprint density at radius 3 is 2.29 bits per heavy atom. The van der Waals surface area contributed by atoms with Gasteiger partial charge in [0.2, 0.25) is 0 Å². The van der Waals surface area contributed by atoms with Crippen LogP contribution < -0.4 is 0 Å². The normalized spacial score (nSPS) is 10.2.